The molecule has 0 aliphatic carbocycles. The molecule has 0 aromatic heterocycles. The van der Waals surface area contributed by atoms with Crippen LogP contribution in [0.4, 0.5) is 0 Å². The number of hydrogen-bond donors (Lipinski definition) is 12. The monoisotopic (exact) mass is 1050 g/mol. The van der Waals surface area contributed by atoms with Gasteiger partial charge in [-0.05, 0) is 42.9 Å². The van der Waals surface area contributed by atoms with Gasteiger partial charge in [0.15, 0.2) is 5.96 Å². The SMILES string of the molecule is CC(=O)N[C@@H](CC(C)C)C(=O)N[C@@H](Cc1ccc(O)cc1)C(=O)N[C@@H](CCCN=C(N)N)C(=O)N[C@@H](C)C(=O)N[C@@H](CC(N)=O)C(=O)N[C@@H](CO)C(=O)NC(Cc1ccccc1)C(=O)[Se]c1ccccc1. The molecule has 0 fully saturated rings. The summed E-state index contributed by atoms with van der Waals surface area (Å²) in [5.41, 5.74) is 17.6. The molecule has 22 nitrogen and oxygen atoms in total. The van der Waals surface area contributed by atoms with Crippen molar-refractivity contribution in [3.63, 3.8) is 0 Å². The third-order valence-corrected chi connectivity index (χ3v) is 12.5. The first kappa shape index (κ1) is 58.0. The number of guanidine groups is 1. The van der Waals surface area contributed by atoms with Gasteiger partial charge in [0.1, 0.15) is 23.9 Å². The van der Waals surface area contributed by atoms with Crippen molar-refractivity contribution in [3.8, 4) is 5.75 Å². The molecule has 8 amide bonds. The summed E-state index contributed by atoms with van der Waals surface area (Å²) in [6.07, 6.45) is -0.497. The Kier molecular flexibility index (Phi) is 24.2. The van der Waals surface area contributed by atoms with Crippen molar-refractivity contribution < 1.29 is 53.4 Å². The molecule has 3 aromatic carbocycles. The van der Waals surface area contributed by atoms with E-state index in [0.29, 0.717) is 5.56 Å². The number of amides is 8. The second-order valence-electron chi connectivity index (χ2n) is 17.0. The number of nitrogens with two attached hydrogens (primary N) is 3. The second-order valence-corrected chi connectivity index (χ2v) is 19.3. The van der Waals surface area contributed by atoms with Crippen LogP contribution in [0.1, 0.15) is 64.5 Å². The molecule has 384 valence electrons. The van der Waals surface area contributed by atoms with Gasteiger partial charge in [0.2, 0.25) is 23.6 Å². The van der Waals surface area contributed by atoms with E-state index < -0.39 is 118 Å². The Morgan fingerprint density at radius 3 is 1.65 bits per heavy atom. The molecule has 0 radical (unpaired) electrons. The summed E-state index contributed by atoms with van der Waals surface area (Å²) in [5, 5.41) is 37.7. The van der Waals surface area contributed by atoms with Crippen molar-refractivity contribution in [2.24, 2.45) is 28.1 Å². The molecular formula is C48H65N11O11Se. The van der Waals surface area contributed by atoms with Gasteiger partial charge in [-0.25, -0.2) is 0 Å². The Bertz CT molecular complexity index is 2320. The van der Waals surface area contributed by atoms with Crippen LogP contribution >= 0.6 is 0 Å². The van der Waals surface area contributed by atoms with Gasteiger partial charge in [0.05, 0.1) is 0 Å². The summed E-state index contributed by atoms with van der Waals surface area (Å²) in [7, 11) is 0. The minimum atomic E-state index is -1.72. The van der Waals surface area contributed by atoms with Crippen molar-refractivity contribution in [1.29, 1.82) is 0 Å². The van der Waals surface area contributed by atoms with E-state index in [1.54, 1.807) is 60.7 Å². The van der Waals surface area contributed by atoms with Crippen LogP contribution in [0.15, 0.2) is 89.9 Å². The van der Waals surface area contributed by atoms with E-state index in [4.69, 9.17) is 17.2 Å². The number of aliphatic hydroxyl groups excluding tert-OH is 1. The van der Waals surface area contributed by atoms with Gasteiger partial charge >= 0.3 is 221 Å². The summed E-state index contributed by atoms with van der Waals surface area (Å²) in [4.78, 5) is 124. The van der Waals surface area contributed by atoms with Crippen molar-refractivity contribution in [1.82, 2.24) is 37.2 Å². The Hall–Kier alpha value is -7.36. The third-order valence-electron chi connectivity index (χ3n) is 10.4. The first-order valence-corrected chi connectivity index (χ1v) is 24.5. The van der Waals surface area contributed by atoms with Crippen LogP contribution in [0.5, 0.6) is 5.75 Å². The molecule has 0 bridgehead atoms. The molecule has 1 unspecified atom stereocenters. The van der Waals surface area contributed by atoms with Gasteiger partial charge in [0, 0.05) is 19.9 Å². The van der Waals surface area contributed by atoms with E-state index in [0.717, 1.165) is 10.0 Å². The number of phenols is 1. The van der Waals surface area contributed by atoms with Crippen molar-refractivity contribution in [2.45, 2.75) is 109 Å². The van der Waals surface area contributed by atoms with Crippen molar-refractivity contribution >= 4 is 77.3 Å². The Morgan fingerprint density at radius 1 is 0.577 bits per heavy atom. The first-order chi connectivity index (χ1) is 33.6. The van der Waals surface area contributed by atoms with Crippen LogP contribution in [0, 0.1) is 5.92 Å². The molecule has 0 aliphatic rings. The summed E-state index contributed by atoms with van der Waals surface area (Å²) in [5.74, 6) is -7.24. The number of carbonyl (C=O) groups is 9. The van der Waals surface area contributed by atoms with E-state index in [9.17, 15) is 53.4 Å². The molecule has 0 aliphatic heterocycles. The molecule has 7 atom stereocenters. The van der Waals surface area contributed by atoms with E-state index in [1.165, 1.54) is 38.1 Å². The molecule has 23 heteroatoms. The maximum atomic E-state index is 14.1. The summed E-state index contributed by atoms with van der Waals surface area (Å²) >= 11 is -0.713. The summed E-state index contributed by atoms with van der Waals surface area (Å²) < 4.78 is 0.472. The zero-order valence-corrected chi connectivity index (χ0v) is 41.7. The molecule has 71 heavy (non-hydrogen) atoms. The molecule has 0 spiro atoms. The number of aliphatic hydroxyl groups is 1. The van der Waals surface area contributed by atoms with Gasteiger partial charge < -0.3 is 32.5 Å². The second kappa shape index (κ2) is 29.6. The minimum absolute atomic E-state index is 0.0311. The third kappa shape index (κ3) is 21.4. The van der Waals surface area contributed by atoms with E-state index >= 15 is 0 Å². The number of aliphatic imine (C=N–C) groups is 1. The van der Waals surface area contributed by atoms with Crippen molar-refractivity contribution in [2.75, 3.05) is 13.2 Å². The van der Waals surface area contributed by atoms with E-state index in [-0.39, 0.29) is 61.0 Å². The van der Waals surface area contributed by atoms with Gasteiger partial charge in [-0.1, -0.05) is 26.0 Å². The Balaban J connectivity index is 1.80. The predicted octanol–water partition coefficient (Wildman–Crippen LogP) is -2.87. The number of rotatable bonds is 29. The van der Waals surface area contributed by atoms with Crippen LogP contribution in [-0.2, 0) is 56.0 Å². The number of nitrogens with zero attached hydrogens (tertiary/aromatic N) is 1. The molecule has 0 heterocycles. The van der Waals surface area contributed by atoms with Crippen LogP contribution in [-0.4, -0.2) is 139 Å². The zero-order chi connectivity index (χ0) is 52.6. The first-order valence-electron chi connectivity index (χ1n) is 22.8. The molecule has 0 saturated heterocycles. The summed E-state index contributed by atoms with van der Waals surface area (Å²) in [6.45, 7) is 5.28. The Morgan fingerprint density at radius 2 is 1.07 bits per heavy atom. The molecular weight excluding hydrogens is 986 g/mol. The fraction of sp³-hybridized carbons (Fsp3) is 0.417. The number of phenolic OH excluding ortho intramolecular Hbond substituents is 1. The number of primary amides is 1. The quantitative estimate of drug-likeness (QED) is 0.0144. The van der Waals surface area contributed by atoms with Crippen LogP contribution < -0.4 is 58.9 Å². The fourth-order valence-corrected chi connectivity index (χ4v) is 8.59. The average Bonchev–Trinajstić information content (AvgIpc) is 3.31. The fourth-order valence-electron chi connectivity index (χ4n) is 6.89. The van der Waals surface area contributed by atoms with Gasteiger partial charge in [-0.15, -0.1) is 0 Å². The number of aromatic hydroxyl groups is 1. The zero-order valence-electron chi connectivity index (χ0n) is 40.0. The average molecular weight is 1050 g/mol. The number of nitrogens with one attached hydrogen (secondary N) is 7. The Labute approximate surface area is 418 Å². The number of benzene rings is 3. The maximum absolute atomic E-state index is 14.1. The van der Waals surface area contributed by atoms with Crippen LogP contribution in [0.3, 0.4) is 0 Å². The number of carbonyl (C=O) groups excluding carboxylic acids is 9. The normalized spacial score (nSPS) is 13.8. The van der Waals surface area contributed by atoms with Gasteiger partial charge in [-0.2, -0.15) is 0 Å². The standard InChI is InChI=1S/C48H65N11O11Se/c1-27(2)22-35(54-29(4)61)43(66)57-36(23-31-17-19-32(62)20-18-31)44(67)55-34(16-11-21-52-48(50)51)42(65)53-28(3)41(64)56-37(25-40(49)63)45(68)59-39(26-60)46(69)58-38(24-30-12-7-5-8-13-30)47(70)71-33-14-9-6-10-15-33/h5-10,12-15,17-20,27-28,34-39,60,62H,11,16,21-26H2,1-4H3,(H2,49,63)(H,53,65)(H,54,61)(H,55,67)(H,56,64)(H,57,66)(H,58,69)(H,59,68)(H4,50,51,52)/t28-,34-,35-,36-,37-,38?,39-/m0/s1. The van der Waals surface area contributed by atoms with Crippen molar-refractivity contribution in [3.05, 3.63) is 96.1 Å². The topological polar surface area (TPSA) is 369 Å². The van der Waals surface area contributed by atoms with Crippen LogP contribution in [0.25, 0.3) is 0 Å². The van der Waals surface area contributed by atoms with E-state index in [2.05, 4.69) is 42.2 Å². The van der Waals surface area contributed by atoms with Crippen LogP contribution in [0.2, 0.25) is 0 Å². The number of hydrogen-bond acceptors (Lipinski definition) is 12. The summed E-state index contributed by atoms with van der Waals surface area (Å²) in [6, 6.07) is 14.1. The molecule has 3 rings (SSSR count). The van der Waals surface area contributed by atoms with E-state index in [1.807, 2.05) is 13.8 Å². The predicted molar refractivity (Wildman–Crippen MR) is 264 cm³/mol. The van der Waals surface area contributed by atoms with Gasteiger partial charge in [-0.3, -0.25) is 24.2 Å². The molecule has 0 saturated carbocycles. The molecule has 3 aromatic rings. The van der Waals surface area contributed by atoms with Gasteiger partial charge in [0.25, 0.3) is 0 Å². The molecule has 15 N–H and O–H groups in total.